The summed E-state index contributed by atoms with van der Waals surface area (Å²) < 4.78 is 31.2. The Hall–Kier alpha value is -3.32. The standard InChI is InChI=1S/C22H22N2O4S/c1-29(26,27)24(16-22(25)23-19-10-6-3-7-11-19)20-12-14-21(15-13-20)28-17-18-8-4-2-5-9-18/h2-15H,16-17H2,1H3,(H,23,25). The fourth-order valence-corrected chi connectivity index (χ4v) is 3.56. The number of rotatable bonds is 8. The largest absolute Gasteiger partial charge is 0.489 e. The topological polar surface area (TPSA) is 75.7 Å². The van der Waals surface area contributed by atoms with Gasteiger partial charge in [0.05, 0.1) is 11.9 Å². The quantitative estimate of drug-likeness (QED) is 0.615. The third kappa shape index (κ3) is 6.08. The number of ether oxygens (including phenoxy) is 1. The van der Waals surface area contributed by atoms with E-state index in [1.54, 1.807) is 48.5 Å². The molecule has 0 atom stereocenters. The molecule has 7 heteroatoms. The number of hydrogen-bond acceptors (Lipinski definition) is 4. The van der Waals surface area contributed by atoms with E-state index in [0.29, 0.717) is 23.7 Å². The molecule has 0 aliphatic carbocycles. The van der Waals surface area contributed by atoms with Crippen molar-refractivity contribution in [2.45, 2.75) is 6.61 Å². The molecule has 0 saturated carbocycles. The Bertz CT molecular complexity index is 1040. The van der Waals surface area contributed by atoms with Crippen molar-refractivity contribution in [1.82, 2.24) is 0 Å². The van der Waals surface area contributed by atoms with Crippen molar-refractivity contribution < 1.29 is 17.9 Å². The molecule has 6 nitrogen and oxygen atoms in total. The van der Waals surface area contributed by atoms with Crippen molar-refractivity contribution in [2.75, 3.05) is 22.4 Å². The van der Waals surface area contributed by atoms with Crippen molar-refractivity contribution >= 4 is 27.3 Å². The van der Waals surface area contributed by atoms with E-state index < -0.39 is 15.9 Å². The van der Waals surface area contributed by atoms with E-state index in [0.717, 1.165) is 16.1 Å². The summed E-state index contributed by atoms with van der Waals surface area (Å²) in [6.45, 7) is 0.0907. The minimum atomic E-state index is -3.64. The molecule has 3 aromatic rings. The Labute approximate surface area is 170 Å². The normalized spacial score (nSPS) is 10.9. The second-order valence-electron chi connectivity index (χ2n) is 6.45. The molecule has 0 unspecified atom stereocenters. The van der Waals surface area contributed by atoms with Gasteiger partial charge in [0.15, 0.2) is 0 Å². The summed E-state index contributed by atoms with van der Waals surface area (Å²) in [5, 5.41) is 2.69. The van der Waals surface area contributed by atoms with Gasteiger partial charge in [0, 0.05) is 5.69 Å². The summed E-state index contributed by atoms with van der Waals surface area (Å²) in [6, 6.07) is 25.2. The highest BCUT2D eigenvalue weighted by molar-refractivity contribution is 7.92. The van der Waals surface area contributed by atoms with Crippen LogP contribution < -0.4 is 14.4 Å². The lowest BCUT2D eigenvalue weighted by atomic mass is 10.2. The van der Waals surface area contributed by atoms with E-state index in [1.165, 1.54) is 0 Å². The lowest BCUT2D eigenvalue weighted by Gasteiger charge is -2.22. The van der Waals surface area contributed by atoms with E-state index in [4.69, 9.17) is 4.74 Å². The molecule has 0 heterocycles. The number of carbonyl (C=O) groups excluding carboxylic acids is 1. The molecule has 3 rings (SSSR count). The van der Waals surface area contributed by atoms with Gasteiger partial charge in [-0.25, -0.2) is 8.42 Å². The van der Waals surface area contributed by atoms with Crippen molar-refractivity contribution in [3.8, 4) is 5.75 Å². The van der Waals surface area contributed by atoms with Gasteiger partial charge in [-0.2, -0.15) is 0 Å². The first-order valence-electron chi connectivity index (χ1n) is 9.01. The Morgan fingerprint density at radius 3 is 2.07 bits per heavy atom. The third-order valence-corrected chi connectivity index (χ3v) is 5.26. The number of sulfonamides is 1. The van der Waals surface area contributed by atoms with Crippen LogP contribution >= 0.6 is 0 Å². The lowest BCUT2D eigenvalue weighted by molar-refractivity contribution is -0.114. The maximum absolute atomic E-state index is 12.3. The van der Waals surface area contributed by atoms with Crippen molar-refractivity contribution in [3.63, 3.8) is 0 Å². The second-order valence-corrected chi connectivity index (χ2v) is 8.36. The second kappa shape index (κ2) is 9.25. The molecule has 0 radical (unpaired) electrons. The van der Waals surface area contributed by atoms with Crippen LogP contribution in [0.5, 0.6) is 5.75 Å². The van der Waals surface area contributed by atoms with Crippen molar-refractivity contribution in [2.24, 2.45) is 0 Å². The number of amides is 1. The molecule has 0 aliphatic rings. The van der Waals surface area contributed by atoms with Gasteiger partial charge in [0.2, 0.25) is 15.9 Å². The van der Waals surface area contributed by atoms with Gasteiger partial charge in [0.1, 0.15) is 18.9 Å². The fourth-order valence-electron chi connectivity index (χ4n) is 2.70. The third-order valence-electron chi connectivity index (χ3n) is 4.12. The number of nitrogens with one attached hydrogen (secondary N) is 1. The molecular weight excluding hydrogens is 388 g/mol. The zero-order chi connectivity index (χ0) is 20.7. The number of hydrogen-bond donors (Lipinski definition) is 1. The van der Waals surface area contributed by atoms with Gasteiger partial charge in [-0.3, -0.25) is 9.10 Å². The predicted octanol–water partition coefficient (Wildman–Crippen LogP) is 3.67. The van der Waals surface area contributed by atoms with Gasteiger partial charge in [0.25, 0.3) is 0 Å². The summed E-state index contributed by atoms with van der Waals surface area (Å²) in [7, 11) is -3.64. The molecular formula is C22H22N2O4S. The molecule has 0 saturated heterocycles. The molecule has 1 N–H and O–H groups in total. The Morgan fingerprint density at radius 2 is 1.48 bits per heavy atom. The summed E-state index contributed by atoms with van der Waals surface area (Å²) in [6.07, 6.45) is 1.07. The molecule has 29 heavy (non-hydrogen) atoms. The molecule has 1 amide bonds. The van der Waals surface area contributed by atoms with Gasteiger partial charge < -0.3 is 10.1 Å². The van der Waals surface area contributed by atoms with Gasteiger partial charge in [-0.05, 0) is 42.0 Å². The highest BCUT2D eigenvalue weighted by Gasteiger charge is 2.21. The van der Waals surface area contributed by atoms with Crippen LogP contribution in [0.25, 0.3) is 0 Å². The van der Waals surface area contributed by atoms with Crippen LogP contribution in [-0.2, 0) is 21.4 Å². The Morgan fingerprint density at radius 1 is 0.897 bits per heavy atom. The molecule has 0 fully saturated rings. The van der Waals surface area contributed by atoms with Gasteiger partial charge in [-0.1, -0.05) is 48.5 Å². The Balaban J connectivity index is 1.67. The number of anilines is 2. The van der Waals surface area contributed by atoms with Crippen molar-refractivity contribution in [1.29, 1.82) is 0 Å². The van der Waals surface area contributed by atoms with Gasteiger partial charge in [-0.15, -0.1) is 0 Å². The molecule has 3 aromatic carbocycles. The molecule has 0 spiro atoms. The SMILES string of the molecule is CS(=O)(=O)N(CC(=O)Nc1ccccc1)c1ccc(OCc2ccccc2)cc1. The number of benzene rings is 3. The molecule has 0 aliphatic heterocycles. The fraction of sp³-hybridized carbons (Fsp3) is 0.136. The number of carbonyl (C=O) groups is 1. The summed E-state index contributed by atoms with van der Waals surface area (Å²) >= 11 is 0. The number of para-hydroxylation sites is 1. The zero-order valence-electron chi connectivity index (χ0n) is 16.0. The smallest absolute Gasteiger partial charge is 0.245 e. The van der Waals surface area contributed by atoms with Crippen LogP contribution in [0.4, 0.5) is 11.4 Å². The summed E-state index contributed by atoms with van der Waals surface area (Å²) in [5.41, 5.74) is 2.03. The average Bonchev–Trinajstić information content (AvgIpc) is 2.72. The minimum absolute atomic E-state index is 0.321. The highest BCUT2D eigenvalue weighted by Crippen LogP contribution is 2.22. The number of nitrogens with zero attached hydrogens (tertiary/aromatic N) is 1. The Kier molecular flexibility index (Phi) is 6.51. The van der Waals surface area contributed by atoms with Crippen LogP contribution in [0.15, 0.2) is 84.9 Å². The maximum Gasteiger partial charge on any atom is 0.245 e. The van der Waals surface area contributed by atoms with E-state index in [9.17, 15) is 13.2 Å². The molecule has 0 bridgehead atoms. The monoisotopic (exact) mass is 410 g/mol. The summed E-state index contributed by atoms with van der Waals surface area (Å²) in [5.74, 6) is 0.186. The highest BCUT2D eigenvalue weighted by atomic mass is 32.2. The van der Waals surface area contributed by atoms with Crippen LogP contribution in [-0.4, -0.2) is 27.1 Å². The summed E-state index contributed by atoms with van der Waals surface area (Å²) in [4.78, 5) is 12.3. The van der Waals surface area contributed by atoms with Crippen LogP contribution in [0, 0.1) is 0 Å². The lowest BCUT2D eigenvalue weighted by Crippen LogP contribution is -2.37. The van der Waals surface area contributed by atoms with Crippen LogP contribution in [0.3, 0.4) is 0 Å². The van der Waals surface area contributed by atoms with Crippen molar-refractivity contribution in [3.05, 3.63) is 90.5 Å². The van der Waals surface area contributed by atoms with Gasteiger partial charge >= 0.3 is 0 Å². The van der Waals surface area contributed by atoms with E-state index in [2.05, 4.69) is 5.32 Å². The first-order chi connectivity index (χ1) is 13.9. The molecule has 150 valence electrons. The first kappa shape index (κ1) is 20.4. The van der Waals surface area contributed by atoms with Crippen LogP contribution in [0.1, 0.15) is 5.56 Å². The van der Waals surface area contributed by atoms with E-state index in [1.807, 2.05) is 36.4 Å². The van der Waals surface area contributed by atoms with E-state index >= 15 is 0 Å². The minimum Gasteiger partial charge on any atom is -0.489 e. The predicted molar refractivity (Wildman–Crippen MR) is 114 cm³/mol. The van der Waals surface area contributed by atoms with Crippen LogP contribution in [0.2, 0.25) is 0 Å². The average molecular weight is 410 g/mol. The maximum atomic E-state index is 12.3. The van der Waals surface area contributed by atoms with E-state index in [-0.39, 0.29) is 6.54 Å². The molecule has 0 aromatic heterocycles. The zero-order valence-corrected chi connectivity index (χ0v) is 16.8. The first-order valence-corrected chi connectivity index (χ1v) is 10.9.